The molecule has 0 fully saturated rings. The van der Waals surface area contributed by atoms with Crippen molar-refractivity contribution in [1.29, 1.82) is 0 Å². The van der Waals surface area contributed by atoms with Crippen molar-refractivity contribution in [3.8, 4) is 0 Å². The van der Waals surface area contributed by atoms with Crippen molar-refractivity contribution in [3.05, 3.63) is 53.5 Å². The molecule has 134 valence electrons. The van der Waals surface area contributed by atoms with E-state index in [1.165, 1.54) is 0 Å². The lowest BCUT2D eigenvalue weighted by molar-refractivity contribution is -0.125. The molecule has 0 spiro atoms. The Labute approximate surface area is 148 Å². The SMILES string of the molecule is Cc1cccc(C)c1NC(=O)CNC(=O)[C@H](C)N[C@H](C)c1ccco1. The Morgan fingerprint density at radius 1 is 1.08 bits per heavy atom. The molecule has 2 aromatic rings. The van der Waals surface area contributed by atoms with E-state index in [0.717, 1.165) is 22.6 Å². The van der Waals surface area contributed by atoms with Crippen LogP contribution in [-0.4, -0.2) is 24.4 Å². The third-order valence-electron chi connectivity index (χ3n) is 4.03. The second kappa shape index (κ2) is 8.48. The van der Waals surface area contributed by atoms with Crippen LogP contribution in [0.3, 0.4) is 0 Å². The first-order chi connectivity index (χ1) is 11.9. The summed E-state index contributed by atoms with van der Waals surface area (Å²) in [6.07, 6.45) is 1.59. The maximum absolute atomic E-state index is 12.2. The highest BCUT2D eigenvalue weighted by molar-refractivity contribution is 5.96. The Hall–Kier alpha value is -2.60. The van der Waals surface area contributed by atoms with E-state index in [9.17, 15) is 9.59 Å². The Kier molecular flexibility index (Phi) is 6.36. The van der Waals surface area contributed by atoms with Crippen molar-refractivity contribution < 1.29 is 14.0 Å². The maximum atomic E-state index is 12.2. The summed E-state index contributed by atoms with van der Waals surface area (Å²) in [5.41, 5.74) is 2.77. The van der Waals surface area contributed by atoms with E-state index in [2.05, 4.69) is 16.0 Å². The fourth-order valence-electron chi connectivity index (χ4n) is 2.59. The molecule has 0 aliphatic rings. The number of para-hydroxylation sites is 1. The van der Waals surface area contributed by atoms with Gasteiger partial charge in [-0.3, -0.25) is 14.9 Å². The topological polar surface area (TPSA) is 83.4 Å². The molecule has 25 heavy (non-hydrogen) atoms. The van der Waals surface area contributed by atoms with E-state index in [-0.39, 0.29) is 24.4 Å². The molecular formula is C19H25N3O3. The van der Waals surface area contributed by atoms with Crippen molar-refractivity contribution in [2.75, 3.05) is 11.9 Å². The molecule has 2 amide bonds. The van der Waals surface area contributed by atoms with Crippen LogP contribution in [0.5, 0.6) is 0 Å². The number of furan rings is 1. The Morgan fingerprint density at radius 3 is 2.36 bits per heavy atom. The number of hydrogen-bond acceptors (Lipinski definition) is 4. The van der Waals surface area contributed by atoms with Gasteiger partial charge in [0, 0.05) is 5.69 Å². The predicted octanol–water partition coefficient (Wildman–Crippen LogP) is 2.69. The first-order valence-corrected chi connectivity index (χ1v) is 8.31. The van der Waals surface area contributed by atoms with E-state index < -0.39 is 6.04 Å². The fourth-order valence-corrected chi connectivity index (χ4v) is 2.59. The molecule has 0 saturated carbocycles. The van der Waals surface area contributed by atoms with Gasteiger partial charge in [-0.05, 0) is 51.0 Å². The predicted molar refractivity (Wildman–Crippen MR) is 97.3 cm³/mol. The highest BCUT2D eigenvalue weighted by Gasteiger charge is 2.18. The van der Waals surface area contributed by atoms with Crippen molar-refractivity contribution in [3.63, 3.8) is 0 Å². The molecule has 0 unspecified atom stereocenters. The number of carbonyl (C=O) groups is 2. The lowest BCUT2D eigenvalue weighted by Crippen LogP contribution is -2.45. The van der Waals surface area contributed by atoms with E-state index in [0.29, 0.717) is 0 Å². The lowest BCUT2D eigenvalue weighted by atomic mass is 10.1. The van der Waals surface area contributed by atoms with Crippen LogP contribution in [0, 0.1) is 13.8 Å². The molecule has 1 heterocycles. The van der Waals surface area contributed by atoms with Crippen LogP contribution in [0.1, 0.15) is 36.8 Å². The minimum atomic E-state index is -0.451. The fraction of sp³-hybridized carbons (Fsp3) is 0.368. The molecule has 0 aliphatic carbocycles. The van der Waals surface area contributed by atoms with Gasteiger partial charge in [-0.2, -0.15) is 0 Å². The van der Waals surface area contributed by atoms with Gasteiger partial charge >= 0.3 is 0 Å². The molecule has 2 atom stereocenters. The molecule has 0 aliphatic heterocycles. The summed E-state index contributed by atoms with van der Waals surface area (Å²) in [5.74, 6) is 0.263. The summed E-state index contributed by atoms with van der Waals surface area (Å²) >= 11 is 0. The zero-order valence-corrected chi connectivity index (χ0v) is 15.1. The van der Waals surface area contributed by atoms with Gasteiger partial charge in [-0.1, -0.05) is 18.2 Å². The van der Waals surface area contributed by atoms with Crippen molar-refractivity contribution in [2.24, 2.45) is 0 Å². The van der Waals surface area contributed by atoms with Gasteiger partial charge in [0.15, 0.2) is 0 Å². The van der Waals surface area contributed by atoms with Crippen LogP contribution < -0.4 is 16.0 Å². The number of nitrogens with one attached hydrogen (secondary N) is 3. The van der Waals surface area contributed by atoms with Crippen LogP contribution in [0.25, 0.3) is 0 Å². The zero-order chi connectivity index (χ0) is 18.4. The lowest BCUT2D eigenvalue weighted by Gasteiger charge is -2.18. The molecule has 6 nitrogen and oxygen atoms in total. The molecule has 0 saturated heterocycles. The van der Waals surface area contributed by atoms with E-state index in [1.54, 1.807) is 19.3 Å². The second-order valence-corrected chi connectivity index (χ2v) is 6.16. The number of anilines is 1. The van der Waals surface area contributed by atoms with Gasteiger partial charge in [0.1, 0.15) is 5.76 Å². The summed E-state index contributed by atoms with van der Waals surface area (Å²) in [4.78, 5) is 24.2. The number of rotatable bonds is 7. The monoisotopic (exact) mass is 343 g/mol. The molecule has 0 radical (unpaired) electrons. The summed E-state index contributed by atoms with van der Waals surface area (Å²) in [5, 5.41) is 8.63. The van der Waals surface area contributed by atoms with Gasteiger partial charge < -0.3 is 15.1 Å². The van der Waals surface area contributed by atoms with E-state index >= 15 is 0 Å². The van der Waals surface area contributed by atoms with Crippen molar-refractivity contribution in [2.45, 2.75) is 39.8 Å². The Bertz CT molecular complexity index is 705. The number of aryl methyl sites for hydroxylation is 2. The third-order valence-corrected chi connectivity index (χ3v) is 4.03. The van der Waals surface area contributed by atoms with Gasteiger partial charge in [-0.25, -0.2) is 0 Å². The number of carbonyl (C=O) groups excluding carboxylic acids is 2. The van der Waals surface area contributed by atoms with Gasteiger partial charge in [0.2, 0.25) is 11.8 Å². The molecule has 3 N–H and O–H groups in total. The van der Waals surface area contributed by atoms with Gasteiger partial charge in [0.05, 0.1) is 24.9 Å². The third kappa shape index (κ3) is 5.19. The molecule has 1 aromatic heterocycles. The van der Waals surface area contributed by atoms with Crippen LogP contribution in [-0.2, 0) is 9.59 Å². The molecule has 6 heteroatoms. The van der Waals surface area contributed by atoms with Gasteiger partial charge in [0.25, 0.3) is 0 Å². The first-order valence-electron chi connectivity index (χ1n) is 8.31. The first kappa shape index (κ1) is 18.7. The summed E-state index contributed by atoms with van der Waals surface area (Å²) in [6, 6.07) is 8.91. The van der Waals surface area contributed by atoms with Crippen molar-refractivity contribution >= 4 is 17.5 Å². The summed E-state index contributed by atoms with van der Waals surface area (Å²) in [7, 11) is 0. The quantitative estimate of drug-likeness (QED) is 0.722. The standard InChI is InChI=1S/C19H25N3O3/c1-12-7-5-8-13(2)18(12)22-17(23)11-20-19(24)15(4)21-14(3)16-9-6-10-25-16/h5-10,14-15,21H,11H2,1-4H3,(H,20,24)(H,22,23)/t14-,15+/m1/s1. The summed E-state index contributed by atoms with van der Waals surface area (Å²) < 4.78 is 5.30. The normalized spacial score (nSPS) is 13.1. The van der Waals surface area contributed by atoms with Crippen molar-refractivity contribution in [1.82, 2.24) is 10.6 Å². The van der Waals surface area contributed by atoms with Crippen LogP contribution in [0.4, 0.5) is 5.69 Å². The molecule has 0 bridgehead atoms. The average molecular weight is 343 g/mol. The highest BCUT2D eigenvalue weighted by atomic mass is 16.3. The molecular weight excluding hydrogens is 318 g/mol. The Balaban J connectivity index is 1.81. The molecule has 1 aromatic carbocycles. The second-order valence-electron chi connectivity index (χ2n) is 6.16. The number of hydrogen-bond donors (Lipinski definition) is 3. The van der Waals surface area contributed by atoms with Gasteiger partial charge in [-0.15, -0.1) is 0 Å². The minimum absolute atomic E-state index is 0.0756. The smallest absolute Gasteiger partial charge is 0.243 e. The average Bonchev–Trinajstić information content (AvgIpc) is 3.10. The minimum Gasteiger partial charge on any atom is -0.468 e. The van der Waals surface area contributed by atoms with Crippen LogP contribution in [0.2, 0.25) is 0 Å². The summed E-state index contributed by atoms with van der Waals surface area (Å²) in [6.45, 7) is 7.45. The highest BCUT2D eigenvalue weighted by Crippen LogP contribution is 2.19. The Morgan fingerprint density at radius 2 is 1.76 bits per heavy atom. The number of benzene rings is 1. The maximum Gasteiger partial charge on any atom is 0.243 e. The largest absolute Gasteiger partial charge is 0.468 e. The van der Waals surface area contributed by atoms with E-state index in [4.69, 9.17) is 4.42 Å². The molecule has 2 rings (SSSR count). The zero-order valence-electron chi connectivity index (χ0n) is 15.1. The van der Waals surface area contributed by atoms with Crippen LogP contribution >= 0.6 is 0 Å². The van der Waals surface area contributed by atoms with E-state index in [1.807, 2.05) is 45.0 Å². The number of amides is 2. The van der Waals surface area contributed by atoms with Crippen LogP contribution in [0.15, 0.2) is 41.0 Å².